The Bertz CT molecular complexity index is 697. The molecule has 2 aromatic carbocycles. The average molecular weight is 414 g/mol. The van der Waals surface area contributed by atoms with Gasteiger partial charge in [-0.2, -0.15) is 0 Å². The summed E-state index contributed by atoms with van der Waals surface area (Å²) < 4.78 is 19.9. The van der Waals surface area contributed by atoms with E-state index >= 15 is 0 Å². The van der Waals surface area contributed by atoms with Crippen molar-refractivity contribution in [2.24, 2.45) is 0 Å². The first-order valence-electron chi connectivity index (χ1n) is 6.75. The Morgan fingerprint density at radius 2 is 2.00 bits per heavy atom. The molecule has 0 saturated carbocycles. The van der Waals surface area contributed by atoms with Crippen LogP contribution in [-0.2, 0) is 5.41 Å². The first-order chi connectivity index (χ1) is 9.90. The highest BCUT2D eigenvalue weighted by Crippen LogP contribution is 2.43. The van der Waals surface area contributed by atoms with Gasteiger partial charge in [-0.15, -0.1) is 0 Å². The molecule has 0 amide bonds. The SMILES string of the molecule is CC1(C)COc2ccc(C(Br)c3cccc(F)c3Br)cc21. The molecular formula is C17H15Br2FO. The second-order valence-corrected chi connectivity index (χ2v) is 7.64. The Kier molecular flexibility index (Phi) is 3.87. The summed E-state index contributed by atoms with van der Waals surface area (Å²) >= 11 is 7.02. The standard InChI is InChI=1S/C17H15Br2FO/c1-17(2)9-21-14-7-6-10(8-12(14)17)15(18)11-4-3-5-13(20)16(11)19/h3-8,15H,9H2,1-2H3. The molecule has 3 rings (SSSR count). The van der Waals surface area contributed by atoms with Gasteiger partial charge >= 0.3 is 0 Å². The van der Waals surface area contributed by atoms with E-state index in [1.165, 1.54) is 11.6 Å². The van der Waals surface area contributed by atoms with Crippen LogP contribution < -0.4 is 4.74 Å². The minimum absolute atomic E-state index is 0.0111. The Morgan fingerprint density at radius 1 is 1.24 bits per heavy atom. The molecule has 1 aliphatic rings. The largest absolute Gasteiger partial charge is 0.492 e. The number of hydrogen-bond donors (Lipinski definition) is 0. The topological polar surface area (TPSA) is 9.23 Å². The van der Waals surface area contributed by atoms with E-state index in [2.05, 4.69) is 51.8 Å². The zero-order valence-corrected chi connectivity index (χ0v) is 15.0. The molecule has 2 aromatic rings. The molecule has 1 atom stereocenters. The lowest BCUT2D eigenvalue weighted by atomic mass is 9.85. The maximum Gasteiger partial charge on any atom is 0.137 e. The summed E-state index contributed by atoms with van der Waals surface area (Å²) in [6.07, 6.45) is 0. The molecule has 110 valence electrons. The maximum atomic E-state index is 13.7. The van der Waals surface area contributed by atoms with Gasteiger partial charge in [-0.25, -0.2) is 4.39 Å². The molecule has 0 radical (unpaired) electrons. The summed E-state index contributed by atoms with van der Waals surface area (Å²) in [5.41, 5.74) is 3.19. The summed E-state index contributed by atoms with van der Waals surface area (Å²) in [7, 11) is 0. The van der Waals surface area contributed by atoms with Gasteiger partial charge in [0.2, 0.25) is 0 Å². The predicted molar refractivity (Wildman–Crippen MR) is 89.8 cm³/mol. The fraction of sp³-hybridized carbons (Fsp3) is 0.294. The van der Waals surface area contributed by atoms with Gasteiger partial charge in [0.15, 0.2) is 0 Å². The van der Waals surface area contributed by atoms with Crippen molar-refractivity contribution >= 4 is 31.9 Å². The smallest absolute Gasteiger partial charge is 0.137 e. The Balaban J connectivity index is 2.03. The molecule has 21 heavy (non-hydrogen) atoms. The second kappa shape index (κ2) is 5.40. The molecule has 0 aliphatic carbocycles. The van der Waals surface area contributed by atoms with Crippen LogP contribution in [0.3, 0.4) is 0 Å². The van der Waals surface area contributed by atoms with Crippen LogP contribution in [0.15, 0.2) is 40.9 Å². The van der Waals surface area contributed by atoms with Gasteiger partial charge in [0, 0.05) is 11.0 Å². The summed E-state index contributed by atoms with van der Waals surface area (Å²) in [5, 5.41) is 0. The number of ether oxygens (including phenoxy) is 1. The molecule has 1 nitrogen and oxygen atoms in total. The van der Waals surface area contributed by atoms with Crippen LogP contribution >= 0.6 is 31.9 Å². The molecule has 0 N–H and O–H groups in total. The molecular weight excluding hydrogens is 399 g/mol. The van der Waals surface area contributed by atoms with Crippen molar-refractivity contribution in [2.75, 3.05) is 6.61 Å². The highest BCUT2D eigenvalue weighted by molar-refractivity contribution is 9.11. The third-order valence-corrected chi connectivity index (χ3v) is 5.73. The van der Waals surface area contributed by atoms with Crippen LogP contribution in [0.5, 0.6) is 5.75 Å². The van der Waals surface area contributed by atoms with Crippen LogP contribution in [0.25, 0.3) is 0 Å². The van der Waals surface area contributed by atoms with E-state index in [-0.39, 0.29) is 16.1 Å². The van der Waals surface area contributed by atoms with Crippen LogP contribution in [0, 0.1) is 5.82 Å². The van der Waals surface area contributed by atoms with Crippen molar-refractivity contribution in [1.82, 2.24) is 0 Å². The van der Waals surface area contributed by atoms with Crippen LogP contribution in [0.2, 0.25) is 0 Å². The third-order valence-electron chi connectivity index (χ3n) is 3.87. The fourth-order valence-corrected chi connectivity index (χ4v) is 4.06. The van der Waals surface area contributed by atoms with Crippen LogP contribution in [-0.4, -0.2) is 6.61 Å². The van der Waals surface area contributed by atoms with E-state index in [0.29, 0.717) is 11.1 Å². The lowest BCUT2D eigenvalue weighted by Crippen LogP contribution is -2.18. The van der Waals surface area contributed by atoms with Crippen LogP contribution in [0.1, 0.15) is 35.4 Å². The van der Waals surface area contributed by atoms with E-state index in [0.717, 1.165) is 16.9 Å². The van der Waals surface area contributed by atoms with Crippen molar-refractivity contribution in [3.63, 3.8) is 0 Å². The van der Waals surface area contributed by atoms with E-state index in [9.17, 15) is 4.39 Å². The summed E-state index contributed by atoms with van der Waals surface area (Å²) in [5.74, 6) is 0.698. The number of rotatable bonds is 2. The van der Waals surface area contributed by atoms with Gasteiger partial charge in [-0.05, 0) is 45.3 Å². The molecule has 4 heteroatoms. The minimum Gasteiger partial charge on any atom is -0.492 e. The van der Waals surface area contributed by atoms with Gasteiger partial charge in [-0.1, -0.05) is 48.0 Å². The first kappa shape index (κ1) is 15.0. The Hall–Kier alpha value is -0.870. The summed E-state index contributed by atoms with van der Waals surface area (Å²) in [4.78, 5) is -0.0655. The number of hydrogen-bond acceptors (Lipinski definition) is 1. The zero-order chi connectivity index (χ0) is 15.2. The number of halogens is 3. The molecule has 1 unspecified atom stereocenters. The van der Waals surface area contributed by atoms with E-state index in [1.807, 2.05) is 18.2 Å². The van der Waals surface area contributed by atoms with E-state index in [4.69, 9.17) is 4.74 Å². The van der Waals surface area contributed by atoms with Gasteiger partial charge in [0.25, 0.3) is 0 Å². The molecule has 0 bridgehead atoms. The van der Waals surface area contributed by atoms with Gasteiger partial charge in [-0.3, -0.25) is 0 Å². The maximum absolute atomic E-state index is 13.7. The molecule has 1 heterocycles. The molecule has 0 fully saturated rings. The monoisotopic (exact) mass is 412 g/mol. The highest BCUT2D eigenvalue weighted by Gasteiger charge is 2.32. The van der Waals surface area contributed by atoms with E-state index in [1.54, 1.807) is 6.07 Å². The lowest BCUT2D eigenvalue weighted by molar-refractivity contribution is 0.291. The predicted octanol–water partition coefficient (Wildman–Crippen LogP) is 5.74. The third kappa shape index (κ3) is 2.64. The van der Waals surface area contributed by atoms with Crippen molar-refractivity contribution in [1.29, 1.82) is 0 Å². The quantitative estimate of drug-likeness (QED) is 0.570. The van der Waals surface area contributed by atoms with Gasteiger partial charge in [0.05, 0.1) is 15.9 Å². The van der Waals surface area contributed by atoms with Gasteiger partial charge in [0.1, 0.15) is 11.6 Å². The van der Waals surface area contributed by atoms with Gasteiger partial charge < -0.3 is 4.74 Å². The summed E-state index contributed by atoms with van der Waals surface area (Å²) in [6, 6.07) is 11.3. The zero-order valence-electron chi connectivity index (χ0n) is 11.8. The van der Waals surface area contributed by atoms with Crippen molar-refractivity contribution in [3.05, 3.63) is 63.4 Å². The van der Waals surface area contributed by atoms with Crippen molar-refractivity contribution < 1.29 is 9.13 Å². The first-order valence-corrected chi connectivity index (χ1v) is 8.46. The highest BCUT2D eigenvalue weighted by atomic mass is 79.9. The van der Waals surface area contributed by atoms with Crippen molar-refractivity contribution in [3.8, 4) is 5.75 Å². The van der Waals surface area contributed by atoms with E-state index < -0.39 is 0 Å². The van der Waals surface area contributed by atoms with Crippen LogP contribution in [0.4, 0.5) is 4.39 Å². The number of alkyl halides is 1. The molecule has 0 saturated heterocycles. The normalized spacial score (nSPS) is 17.2. The number of fused-ring (bicyclic) bond motifs is 1. The Labute approximate surface area is 140 Å². The average Bonchev–Trinajstić information content (AvgIpc) is 2.76. The minimum atomic E-state index is -0.248. The molecule has 0 spiro atoms. The Morgan fingerprint density at radius 3 is 2.76 bits per heavy atom. The summed E-state index contributed by atoms with van der Waals surface area (Å²) in [6.45, 7) is 5.04. The number of benzene rings is 2. The fourth-order valence-electron chi connectivity index (χ4n) is 2.59. The molecule has 0 aromatic heterocycles. The second-order valence-electron chi connectivity index (χ2n) is 5.93. The molecule has 1 aliphatic heterocycles. The van der Waals surface area contributed by atoms with Crippen molar-refractivity contribution in [2.45, 2.75) is 24.1 Å². The lowest BCUT2D eigenvalue weighted by Gasteiger charge is -2.18.